The smallest absolute Gasteiger partial charge is 0.319 e. The number of hydrogen-bond donors (Lipinski definition) is 3. The second-order valence-corrected chi connectivity index (χ2v) is 8.24. The first-order valence-corrected chi connectivity index (χ1v) is 10.9. The number of urea groups is 1. The summed E-state index contributed by atoms with van der Waals surface area (Å²) >= 11 is 0. The molecule has 0 radical (unpaired) electrons. The van der Waals surface area contributed by atoms with Crippen molar-refractivity contribution in [2.45, 2.75) is 11.3 Å². The van der Waals surface area contributed by atoms with Crippen molar-refractivity contribution < 1.29 is 13.2 Å². The van der Waals surface area contributed by atoms with Crippen molar-refractivity contribution in [2.24, 2.45) is 5.14 Å². The summed E-state index contributed by atoms with van der Waals surface area (Å²) < 4.78 is 22.5. The molecule has 1 aliphatic heterocycles. The number of benzene rings is 1. The fraction of sp³-hybridized carbons (Fsp3) is 0.389. The Morgan fingerprint density at radius 2 is 1.72 bits per heavy atom. The van der Waals surface area contributed by atoms with E-state index in [0.717, 1.165) is 45.1 Å². The number of nitrogens with zero attached hydrogens (tertiary/aromatic N) is 4. The molecule has 4 N–H and O–H groups in total. The molecule has 0 spiro atoms. The topological polar surface area (TPSA) is 134 Å². The fourth-order valence-corrected chi connectivity index (χ4v) is 3.55. The van der Waals surface area contributed by atoms with Crippen LogP contribution in [0.2, 0.25) is 0 Å². The normalized spacial score (nSPS) is 15.1. The maximum Gasteiger partial charge on any atom is 0.319 e. The Morgan fingerprint density at radius 1 is 1.07 bits per heavy atom. The van der Waals surface area contributed by atoms with Gasteiger partial charge in [-0.2, -0.15) is 0 Å². The monoisotopic (exact) mass is 419 g/mol. The highest BCUT2D eigenvalue weighted by Crippen LogP contribution is 2.12. The van der Waals surface area contributed by atoms with E-state index in [2.05, 4.69) is 30.4 Å². The van der Waals surface area contributed by atoms with Gasteiger partial charge in [0.1, 0.15) is 0 Å². The van der Waals surface area contributed by atoms with Crippen LogP contribution in [0, 0.1) is 0 Å². The SMILES string of the molecule is NS(=O)(=O)c1ccc(NC(=O)NCCCN2CCN(c3ncccn3)CC2)cc1. The van der Waals surface area contributed by atoms with E-state index in [-0.39, 0.29) is 10.9 Å². The molecule has 2 amide bonds. The van der Waals surface area contributed by atoms with Crippen LogP contribution in [-0.4, -0.2) is 68.6 Å². The second-order valence-electron chi connectivity index (χ2n) is 6.68. The molecule has 156 valence electrons. The summed E-state index contributed by atoms with van der Waals surface area (Å²) in [5.74, 6) is 0.766. The third-order valence-electron chi connectivity index (χ3n) is 4.58. The predicted octanol–water partition coefficient (Wildman–Crippen LogP) is 0.458. The number of piperazine rings is 1. The van der Waals surface area contributed by atoms with Crippen molar-refractivity contribution >= 4 is 27.7 Å². The van der Waals surface area contributed by atoms with Crippen molar-refractivity contribution in [3.05, 3.63) is 42.7 Å². The Bertz CT molecular complexity index is 899. The van der Waals surface area contributed by atoms with E-state index in [9.17, 15) is 13.2 Å². The first-order valence-electron chi connectivity index (χ1n) is 9.34. The van der Waals surface area contributed by atoms with Crippen LogP contribution in [0.5, 0.6) is 0 Å². The van der Waals surface area contributed by atoms with Crippen molar-refractivity contribution in [1.82, 2.24) is 20.2 Å². The zero-order valence-electron chi connectivity index (χ0n) is 16.0. The van der Waals surface area contributed by atoms with E-state index < -0.39 is 10.0 Å². The van der Waals surface area contributed by atoms with Crippen LogP contribution in [0.25, 0.3) is 0 Å². The summed E-state index contributed by atoms with van der Waals surface area (Å²) in [5.41, 5.74) is 0.495. The van der Waals surface area contributed by atoms with Gasteiger partial charge in [0.15, 0.2) is 0 Å². The van der Waals surface area contributed by atoms with E-state index >= 15 is 0 Å². The molecule has 0 bridgehead atoms. The molecule has 0 aliphatic carbocycles. The predicted molar refractivity (Wildman–Crippen MR) is 110 cm³/mol. The van der Waals surface area contributed by atoms with Crippen LogP contribution in [-0.2, 0) is 10.0 Å². The Morgan fingerprint density at radius 3 is 2.34 bits per heavy atom. The Hall–Kier alpha value is -2.76. The van der Waals surface area contributed by atoms with Gasteiger partial charge in [-0.15, -0.1) is 0 Å². The van der Waals surface area contributed by atoms with Crippen LogP contribution < -0.4 is 20.7 Å². The number of primary sulfonamides is 1. The Kier molecular flexibility index (Phi) is 6.96. The van der Waals surface area contributed by atoms with E-state index in [4.69, 9.17) is 5.14 Å². The van der Waals surface area contributed by atoms with E-state index in [0.29, 0.717) is 12.2 Å². The van der Waals surface area contributed by atoms with Gasteiger partial charge in [0, 0.05) is 50.8 Å². The quantitative estimate of drug-likeness (QED) is 0.555. The van der Waals surface area contributed by atoms with Crippen LogP contribution in [0.15, 0.2) is 47.6 Å². The lowest BCUT2D eigenvalue weighted by Crippen LogP contribution is -2.47. The highest BCUT2D eigenvalue weighted by molar-refractivity contribution is 7.89. The minimum Gasteiger partial charge on any atom is -0.338 e. The second kappa shape index (κ2) is 9.63. The van der Waals surface area contributed by atoms with Crippen LogP contribution in [0.3, 0.4) is 0 Å². The number of aromatic nitrogens is 2. The first kappa shape index (κ1) is 21.0. The number of hydrogen-bond acceptors (Lipinski definition) is 7. The van der Waals surface area contributed by atoms with Gasteiger partial charge in [-0.25, -0.2) is 28.3 Å². The average molecular weight is 420 g/mol. The molecule has 1 saturated heterocycles. The van der Waals surface area contributed by atoms with Gasteiger partial charge in [0.2, 0.25) is 16.0 Å². The molecule has 1 aromatic heterocycles. The van der Waals surface area contributed by atoms with E-state index in [1.807, 2.05) is 6.07 Å². The lowest BCUT2D eigenvalue weighted by molar-refractivity contribution is 0.244. The number of amides is 2. The van der Waals surface area contributed by atoms with Crippen molar-refractivity contribution in [3.8, 4) is 0 Å². The molecule has 0 atom stereocenters. The molecule has 10 nitrogen and oxygen atoms in total. The number of sulfonamides is 1. The maximum absolute atomic E-state index is 11.9. The minimum absolute atomic E-state index is 0.00221. The summed E-state index contributed by atoms with van der Waals surface area (Å²) in [6.07, 6.45) is 4.33. The molecular weight excluding hydrogens is 394 g/mol. The zero-order chi connectivity index (χ0) is 20.7. The van der Waals surface area contributed by atoms with Gasteiger partial charge in [-0.05, 0) is 43.3 Å². The average Bonchev–Trinajstić information content (AvgIpc) is 2.72. The highest BCUT2D eigenvalue weighted by atomic mass is 32.2. The number of anilines is 2. The lowest BCUT2D eigenvalue weighted by atomic mass is 10.3. The maximum atomic E-state index is 11.9. The Labute approximate surface area is 170 Å². The molecule has 29 heavy (non-hydrogen) atoms. The molecule has 1 aliphatic rings. The van der Waals surface area contributed by atoms with Crippen LogP contribution >= 0.6 is 0 Å². The standard InChI is InChI=1S/C18H25N7O3S/c19-29(27,28)16-5-3-15(4-6-16)23-18(26)22-9-2-10-24-11-13-25(14-12-24)17-20-7-1-8-21-17/h1,3-8H,2,9-14H2,(H2,19,27,28)(H2,22,23,26). The van der Waals surface area contributed by atoms with Gasteiger partial charge in [-0.1, -0.05) is 0 Å². The lowest BCUT2D eigenvalue weighted by Gasteiger charge is -2.34. The van der Waals surface area contributed by atoms with Crippen molar-refractivity contribution in [2.75, 3.05) is 49.5 Å². The number of carbonyl (C=O) groups excluding carboxylic acids is 1. The van der Waals surface area contributed by atoms with E-state index in [1.54, 1.807) is 12.4 Å². The first-order chi connectivity index (χ1) is 13.9. The number of nitrogens with one attached hydrogen (secondary N) is 2. The van der Waals surface area contributed by atoms with Gasteiger partial charge >= 0.3 is 6.03 Å². The fourth-order valence-electron chi connectivity index (χ4n) is 3.03. The van der Waals surface area contributed by atoms with Gasteiger partial charge in [-0.3, -0.25) is 4.90 Å². The largest absolute Gasteiger partial charge is 0.338 e. The van der Waals surface area contributed by atoms with Crippen LogP contribution in [0.1, 0.15) is 6.42 Å². The molecular formula is C18H25N7O3S. The zero-order valence-corrected chi connectivity index (χ0v) is 16.8. The van der Waals surface area contributed by atoms with Crippen molar-refractivity contribution in [1.29, 1.82) is 0 Å². The van der Waals surface area contributed by atoms with E-state index in [1.165, 1.54) is 24.3 Å². The number of rotatable bonds is 7. The molecule has 2 aromatic rings. The van der Waals surface area contributed by atoms with Crippen LogP contribution in [0.4, 0.5) is 16.4 Å². The molecule has 3 rings (SSSR count). The molecule has 0 saturated carbocycles. The summed E-state index contributed by atoms with van der Waals surface area (Å²) in [6, 6.07) is 7.17. The highest BCUT2D eigenvalue weighted by Gasteiger charge is 2.18. The molecule has 0 unspecified atom stereocenters. The Balaban J connectivity index is 1.32. The minimum atomic E-state index is -3.74. The van der Waals surface area contributed by atoms with Gasteiger partial charge in [0.25, 0.3) is 0 Å². The number of carbonyl (C=O) groups is 1. The molecule has 11 heteroatoms. The van der Waals surface area contributed by atoms with Gasteiger partial charge < -0.3 is 15.5 Å². The summed E-state index contributed by atoms with van der Waals surface area (Å²) in [7, 11) is -3.74. The number of nitrogens with two attached hydrogens (primary N) is 1. The summed E-state index contributed by atoms with van der Waals surface area (Å²) in [5, 5.41) is 10.5. The third-order valence-corrected chi connectivity index (χ3v) is 5.51. The molecule has 2 heterocycles. The molecule has 1 aromatic carbocycles. The van der Waals surface area contributed by atoms with Crippen molar-refractivity contribution in [3.63, 3.8) is 0 Å². The summed E-state index contributed by atoms with van der Waals surface area (Å²) in [4.78, 5) is 25.0. The van der Waals surface area contributed by atoms with Gasteiger partial charge in [0.05, 0.1) is 4.90 Å². The summed E-state index contributed by atoms with van der Waals surface area (Å²) in [6.45, 7) is 5.07. The third kappa shape index (κ3) is 6.38. The molecule has 1 fully saturated rings.